The monoisotopic (exact) mass is 372 g/mol. The van der Waals surface area contributed by atoms with Gasteiger partial charge >= 0.3 is 6.18 Å². The van der Waals surface area contributed by atoms with Gasteiger partial charge in [-0.15, -0.1) is 0 Å². The van der Waals surface area contributed by atoms with Crippen molar-refractivity contribution in [1.29, 1.82) is 0 Å². The summed E-state index contributed by atoms with van der Waals surface area (Å²) in [6.07, 6.45) is -2.56. The van der Waals surface area contributed by atoms with Gasteiger partial charge in [0.25, 0.3) is 5.91 Å². The fourth-order valence-corrected chi connectivity index (χ4v) is 2.60. The minimum atomic E-state index is -4.49. The summed E-state index contributed by atoms with van der Waals surface area (Å²) in [5.41, 5.74) is 4.34. The maximum absolute atomic E-state index is 12.6. The van der Waals surface area contributed by atoms with E-state index < -0.39 is 17.6 Å². The first-order valence-electron chi connectivity index (χ1n) is 7.14. The van der Waals surface area contributed by atoms with Gasteiger partial charge in [0, 0.05) is 18.5 Å². The Morgan fingerprint density at radius 2 is 2.04 bits per heavy atom. The van der Waals surface area contributed by atoms with Gasteiger partial charge in [0.1, 0.15) is 23.4 Å². The normalized spacial score (nSPS) is 15.0. The van der Waals surface area contributed by atoms with E-state index in [2.05, 4.69) is 9.97 Å². The molecule has 3 heterocycles. The van der Waals surface area contributed by atoms with Gasteiger partial charge in [-0.2, -0.15) is 13.2 Å². The van der Waals surface area contributed by atoms with Crippen molar-refractivity contribution in [2.45, 2.75) is 12.3 Å². The van der Waals surface area contributed by atoms with Crippen molar-refractivity contribution >= 4 is 23.3 Å². The number of nitrogens with two attached hydrogens (primary N) is 1. The minimum absolute atomic E-state index is 0.0757. The van der Waals surface area contributed by atoms with Crippen LogP contribution in [0, 0.1) is 0 Å². The molecule has 1 saturated heterocycles. The van der Waals surface area contributed by atoms with Crippen LogP contribution in [0.3, 0.4) is 0 Å². The van der Waals surface area contributed by atoms with E-state index in [4.69, 9.17) is 22.1 Å². The Hall–Kier alpha value is -2.55. The molecule has 2 N–H and O–H groups in total. The first-order chi connectivity index (χ1) is 11.7. The number of rotatable bonds is 4. The van der Waals surface area contributed by atoms with Crippen LogP contribution in [-0.2, 0) is 6.18 Å². The van der Waals surface area contributed by atoms with Gasteiger partial charge in [0.2, 0.25) is 0 Å². The van der Waals surface area contributed by atoms with Crippen LogP contribution >= 0.6 is 11.6 Å². The third-order valence-corrected chi connectivity index (χ3v) is 3.86. The van der Waals surface area contributed by atoms with E-state index in [9.17, 15) is 18.0 Å². The third kappa shape index (κ3) is 3.76. The van der Waals surface area contributed by atoms with E-state index in [0.717, 1.165) is 12.3 Å². The summed E-state index contributed by atoms with van der Waals surface area (Å²) in [7, 11) is 0. The van der Waals surface area contributed by atoms with E-state index in [0.29, 0.717) is 18.8 Å². The number of alkyl halides is 3. The number of nitrogens with zero attached hydrogens (tertiary/aromatic N) is 3. The van der Waals surface area contributed by atoms with E-state index in [1.807, 2.05) is 0 Å². The van der Waals surface area contributed by atoms with Gasteiger partial charge in [-0.25, -0.2) is 4.98 Å². The highest BCUT2D eigenvalue weighted by Crippen LogP contribution is 2.35. The van der Waals surface area contributed by atoms with E-state index >= 15 is 0 Å². The van der Waals surface area contributed by atoms with Crippen LogP contribution in [0.2, 0.25) is 5.02 Å². The first kappa shape index (κ1) is 17.3. The van der Waals surface area contributed by atoms with Crippen molar-refractivity contribution in [3.05, 3.63) is 46.9 Å². The molecule has 2 aromatic heterocycles. The van der Waals surface area contributed by atoms with Crippen molar-refractivity contribution < 1.29 is 22.7 Å². The quantitative estimate of drug-likeness (QED) is 0.891. The molecule has 0 saturated carbocycles. The average Bonchev–Trinajstić information content (AvgIpc) is 2.50. The molecule has 132 valence electrons. The molecule has 0 radical (unpaired) electrons. The lowest BCUT2D eigenvalue weighted by molar-refractivity contribution is -0.137. The number of amides is 1. The standard InChI is InChI=1S/C15H12ClF3N4O2/c16-11-3-8(15(17,18)19)5-22-14(11)23-6-10(7-23)25-9-1-2-21-12(4-9)13(20)24/h1-5,10H,6-7H2,(H2,20,24). The second-order valence-corrected chi connectivity index (χ2v) is 5.82. The summed E-state index contributed by atoms with van der Waals surface area (Å²) in [5.74, 6) is 0.0309. The zero-order chi connectivity index (χ0) is 18.2. The summed E-state index contributed by atoms with van der Waals surface area (Å²) in [5, 5.41) is -0.0757. The van der Waals surface area contributed by atoms with Crippen LogP contribution in [0.4, 0.5) is 19.0 Å². The number of ether oxygens (including phenoxy) is 1. The molecule has 0 aliphatic carbocycles. The lowest BCUT2D eigenvalue weighted by Gasteiger charge is -2.40. The molecule has 1 aliphatic heterocycles. The molecular weight excluding hydrogens is 361 g/mol. The van der Waals surface area contributed by atoms with E-state index in [1.165, 1.54) is 12.3 Å². The Morgan fingerprint density at radius 3 is 2.64 bits per heavy atom. The Bertz CT molecular complexity index is 810. The molecule has 10 heteroatoms. The first-order valence-corrected chi connectivity index (χ1v) is 7.52. The highest BCUT2D eigenvalue weighted by atomic mass is 35.5. The number of aromatic nitrogens is 2. The lowest BCUT2D eigenvalue weighted by atomic mass is 10.1. The number of primary amides is 1. The van der Waals surface area contributed by atoms with E-state index in [1.54, 1.807) is 11.0 Å². The number of anilines is 1. The third-order valence-electron chi connectivity index (χ3n) is 3.58. The fraction of sp³-hybridized carbons (Fsp3) is 0.267. The maximum atomic E-state index is 12.6. The minimum Gasteiger partial charge on any atom is -0.487 e. The van der Waals surface area contributed by atoms with Gasteiger partial charge in [0.15, 0.2) is 0 Å². The van der Waals surface area contributed by atoms with Crippen LogP contribution < -0.4 is 15.4 Å². The molecule has 0 aromatic carbocycles. The highest BCUT2D eigenvalue weighted by Gasteiger charge is 2.34. The van der Waals surface area contributed by atoms with Gasteiger partial charge < -0.3 is 15.4 Å². The summed E-state index contributed by atoms with van der Waals surface area (Å²) in [6, 6.07) is 3.85. The molecule has 1 aliphatic rings. The van der Waals surface area contributed by atoms with Gasteiger partial charge in [-0.1, -0.05) is 11.6 Å². The topological polar surface area (TPSA) is 81.3 Å². The molecule has 1 amide bonds. The number of pyridine rings is 2. The number of halogens is 4. The van der Waals surface area contributed by atoms with Crippen molar-refractivity contribution in [1.82, 2.24) is 9.97 Å². The van der Waals surface area contributed by atoms with Crippen molar-refractivity contribution in [3.8, 4) is 5.75 Å². The molecule has 0 bridgehead atoms. The molecule has 0 unspecified atom stereocenters. The summed E-state index contributed by atoms with van der Waals surface area (Å²) in [4.78, 5) is 20.4. The summed E-state index contributed by atoms with van der Waals surface area (Å²) in [6.45, 7) is 0.790. The van der Waals surface area contributed by atoms with Crippen LogP contribution in [0.15, 0.2) is 30.6 Å². The van der Waals surface area contributed by atoms with Crippen LogP contribution in [0.1, 0.15) is 16.1 Å². The summed E-state index contributed by atoms with van der Waals surface area (Å²) < 4.78 is 43.5. The number of hydrogen-bond acceptors (Lipinski definition) is 5. The Balaban J connectivity index is 1.63. The van der Waals surface area contributed by atoms with Gasteiger partial charge in [0.05, 0.1) is 23.7 Å². The smallest absolute Gasteiger partial charge is 0.417 e. The zero-order valence-electron chi connectivity index (χ0n) is 12.6. The van der Waals surface area contributed by atoms with Crippen molar-refractivity contribution in [2.75, 3.05) is 18.0 Å². The number of carbonyl (C=O) groups is 1. The molecule has 3 rings (SSSR count). The molecule has 0 atom stereocenters. The molecule has 6 nitrogen and oxygen atoms in total. The van der Waals surface area contributed by atoms with Crippen molar-refractivity contribution in [3.63, 3.8) is 0 Å². The number of hydrogen-bond donors (Lipinski definition) is 1. The van der Waals surface area contributed by atoms with Crippen LogP contribution in [-0.4, -0.2) is 35.1 Å². The maximum Gasteiger partial charge on any atom is 0.417 e. The second kappa shape index (κ2) is 6.40. The Morgan fingerprint density at radius 1 is 1.32 bits per heavy atom. The lowest BCUT2D eigenvalue weighted by Crippen LogP contribution is -2.54. The Labute approximate surface area is 145 Å². The van der Waals surface area contributed by atoms with E-state index in [-0.39, 0.29) is 22.6 Å². The fourth-order valence-electron chi connectivity index (χ4n) is 2.32. The Kier molecular flexibility index (Phi) is 4.42. The largest absolute Gasteiger partial charge is 0.487 e. The second-order valence-electron chi connectivity index (χ2n) is 5.41. The molecule has 1 fully saturated rings. The molecular formula is C15H12ClF3N4O2. The van der Waals surface area contributed by atoms with Gasteiger partial charge in [-0.05, 0) is 12.1 Å². The summed E-state index contributed by atoms with van der Waals surface area (Å²) >= 11 is 5.90. The van der Waals surface area contributed by atoms with Crippen LogP contribution in [0.25, 0.3) is 0 Å². The predicted octanol–water partition coefficient (Wildman–Crippen LogP) is 2.52. The molecule has 0 spiro atoms. The SMILES string of the molecule is NC(=O)c1cc(OC2CN(c3ncc(C(F)(F)F)cc3Cl)C2)ccn1. The number of carbonyl (C=O) groups excluding carboxylic acids is 1. The van der Waals surface area contributed by atoms with Crippen LogP contribution in [0.5, 0.6) is 5.75 Å². The van der Waals surface area contributed by atoms with Gasteiger partial charge in [-0.3, -0.25) is 9.78 Å². The highest BCUT2D eigenvalue weighted by molar-refractivity contribution is 6.33. The predicted molar refractivity (Wildman–Crippen MR) is 83.6 cm³/mol. The molecule has 25 heavy (non-hydrogen) atoms. The average molecular weight is 373 g/mol. The molecule has 2 aromatic rings. The zero-order valence-corrected chi connectivity index (χ0v) is 13.4. The van der Waals surface area contributed by atoms with Crippen molar-refractivity contribution in [2.24, 2.45) is 5.73 Å².